The Labute approximate surface area is 133 Å². The molecular weight excluding hydrogens is 355 g/mol. The first kappa shape index (κ1) is 17.7. The number of carboxylic acids is 1. The number of nitrogens with one attached hydrogen (secondary N) is 1. The third kappa shape index (κ3) is 3.45. The summed E-state index contributed by atoms with van der Waals surface area (Å²) in [6.07, 6.45) is -5.02. The molecule has 2 aromatic rings. The molecule has 1 aromatic carbocycles. The van der Waals surface area contributed by atoms with Crippen molar-refractivity contribution in [2.45, 2.75) is 18.0 Å². The molecule has 0 saturated heterocycles. The van der Waals surface area contributed by atoms with Crippen LogP contribution in [0, 0.1) is 6.92 Å². The molecule has 130 valence electrons. The molecule has 0 bridgehead atoms. The van der Waals surface area contributed by atoms with Crippen molar-refractivity contribution in [3.05, 3.63) is 41.3 Å². The van der Waals surface area contributed by atoms with Gasteiger partial charge in [-0.25, -0.2) is 13.2 Å². The molecule has 2 rings (SSSR count). The summed E-state index contributed by atoms with van der Waals surface area (Å²) in [7, 11) is -4.68. The number of alkyl halides is 3. The zero-order valence-corrected chi connectivity index (χ0v) is 12.7. The van der Waals surface area contributed by atoms with Gasteiger partial charge in [-0.15, -0.1) is 0 Å². The predicted octanol–water partition coefficient (Wildman–Crippen LogP) is 2.81. The van der Waals surface area contributed by atoms with Crippen LogP contribution in [0.5, 0.6) is 5.75 Å². The summed E-state index contributed by atoms with van der Waals surface area (Å²) in [6, 6.07) is 3.36. The second-order valence-corrected chi connectivity index (χ2v) is 6.34. The summed E-state index contributed by atoms with van der Waals surface area (Å²) < 4.78 is 69.1. The molecule has 0 fully saturated rings. The fourth-order valence-corrected chi connectivity index (χ4v) is 3.14. The number of sulfonamides is 1. The standard InChI is InChI=1S/C13H10F3NO6S/c1-6-4-10(11(23-6)13(14,15)16)24(21,22)17-7-2-3-8(12(19)20)9(18)5-7/h2-5,17-18H,1H3,(H,19,20). The topological polar surface area (TPSA) is 117 Å². The number of furan rings is 1. The highest BCUT2D eigenvalue weighted by atomic mass is 32.2. The quantitative estimate of drug-likeness (QED) is 0.767. The molecule has 0 radical (unpaired) electrons. The number of aromatic hydroxyl groups is 1. The fourth-order valence-electron chi connectivity index (χ4n) is 1.87. The fraction of sp³-hybridized carbons (Fsp3) is 0.154. The van der Waals surface area contributed by atoms with Crippen molar-refractivity contribution in [1.82, 2.24) is 0 Å². The van der Waals surface area contributed by atoms with Crippen molar-refractivity contribution in [3.8, 4) is 5.75 Å². The lowest BCUT2D eigenvalue weighted by molar-refractivity contribution is -0.155. The third-order valence-corrected chi connectivity index (χ3v) is 4.24. The lowest BCUT2D eigenvalue weighted by Gasteiger charge is -2.10. The Kier molecular flexibility index (Phi) is 4.23. The van der Waals surface area contributed by atoms with E-state index in [9.17, 15) is 31.5 Å². The van der Waals surface area contributed by atoms with Crippen LogP contribution >= 0.6 is 0 Å². The Morgan fingerprint density at radius 3 is 2.38 bits per heavy atom. The number of phenols is 1. The molecule has 24 heavy (non-hydrogen) atoms. The van der Waals surface area contributed by atoms with E-state index in [0.717, 1.165) is 25.1 Å². The Morgan fingerprint density at radius 2 is 1.88 bits per heavy atom. The van der Waals surface area contributed by atoms with Gasteiger partial charge in [-0.05, 0) is 19.1 Å². The molecule has 7 nitrogen and oxygen atoms in total. The summed E-state index contributed by atoms with van der Waals surface area (Å²) in [5, 5.41) is 18.3. The van der Waals surface area contributed by atoms with Gasteiger partial charge in [0.25, 0.3) is 10.0 Å². The van der Waals surface area contributed by atoms with E-state index in [4.69, 9.17) is 5.11 Å². The number of hydrogen-bond donors (Lipinski definition) is 3. The summed E-state index contributed by atoms with van der Waals surface area (Å²) >= 11 is 0. The van der Waals surface area contributed by atoms with Crippen LogP contribution in [0.15, 0.2) is 33.6 Å². The molecule has 0 unspecified atom stereocenters. The number of rotatable bonds is 4. The van der Waals surface area contributed by atoms with Gasteiger partial charge in [-0.3, -0.25) is 4.72 Å². The van der Waals surface area contributed by atoms with E-state index in [-0.39, 0.29) is 11.4 Å². The normalized spacial score (nSPS) is 12.2. The molecule has 0 amide bonds. The van der Waals surface area contributed by atoms with Crippen molar-refractivity contribution in [2.75, 3.05) is 4.72 Å². The van der Waals surface area contributed by atoms with E-state index >= 15 is 0 Å². The van der Waals surface area contributed by atoms with Crippen LogP contribution < -0.4 is 4.72 Å². The van der Waals surface area contributed by atoms with Crippen LogP contribution in [0.25, 0.3) is 0 Å². The van der Waals surface area contributed by atoms with Crippen LogP contribution in [0.4, 0.5) is 18.9 Å². The van der Waals surface area contributed by atoms with E-state index in [2.05, 4.69) is 4.42 Å². The van der Waals surface area contributed by atoms with Crippen LogP contribution in [0.1, 0.15) is 21.9 Å². The Balaban J connectivity index is 2.43. The number of anilines is 1. The lowest BCUT2D eigenvalue weighted by atomic mass is 10.2. The van der Waals surface area contributed by atoms with Gasteiger partial charge < -0.3 is 14.6 Å². The Bertz CT molecular complexity index is 901. The highest BCUT2D eigenvalue weighted by Crippen LogP contribution is 2.37. The summed E-state index contributed by atoms with van der Waals surface area (Å²) in [6.45, 7) is 1.15. The number of aromatic carboxylic acids is 1. The van der Waals surface area contributed by atoms with Gasteiger partial charge in [-0.2, -0.15) is 13.2 Å². The summed E-state index contributed by atoms with van der Waals surface area (Å²) in [5.41, 5.74) is -0.808. The predicted molar refractivity (Wildman–Crippen MR) is 74.3 cm³/mol. The molecule has 0 aliphatic rings. The number of carboxylic acid groups (broad SMARTS) is 1. The maximum atomic E-state index is 12.8. The van der Waals surface area contributed by atoms with E-state index < -0.39 is 44.1 Å². The van der Waals surface area contributed by atoms with Crippen molar-refractivity contribution < 1.29 is 41.0 Å². The molecule has 1 aromatic heterocycles. The molecule has 0 aliphatic carbocycles. The maximum Gasteiger partial charge on any atom is 0.450 e. The SMILES string of the molecule is Cc1cc(S(=O)(=O)Nc2ccc(C(=O)O)c(O)c2)c(C(F)(F)F)o1. The monoisotopic (exact) mass is 365 g/mol. The van der Waals surface area contributed by atoms with E-state index in [1.165, 1.54) is 0 Å². The van der Waals surface area contributed by atoms with Gasteiger partial charge in [0.05, 0.1) is 5.69 Å². The van der Waals surface area contributed by atoms with Gasteiger partial charge >= 0.3 is 12.1 Å². The number of benzene rings is 1. The van der Waals surface area contributed by atoms with Gasteiger partial charge in [0.2, 0.25) is 5.76 Å². The zero-order valence-electron chi connectivity index (χ0n) is 11.9. The highest BCUT2D eigenvalue weighted by Gasteiger charge is 2.42. The molecule has 3 N–H and O–H groups in total. The van der Waals surface area contributed by atoms with Gasteiger partial charge in [-0.1, -0.05) is 0 Å². The van der Waals surface area contributed by atoms with Gasteiger partial charge in [0, 0.05) is 12.1 Å². The van der Waals surface area contributed by atoms with Crippen LogP contribution in [-0.2, 0) is 16.2 Å². The van der Waals surface area contributed by atoms with Crippen LogP contribution in [0.3, 0.4) is 0 Å². The van der Waals surface area contributed by atoms with E-state index in [1.54, 1.807) is 0 Å². The van der Waals surface area contributed by atoms with Crippen molar-refractivity contribution in [2.24, 2.45) is 0 Å². The minimum Gasteiger partial charge on any atom is -0.507 e. The summed E-state index contributed by atoms with van der Waals surface area (Å²) in [5.74, 6) is -4.14. The van der Waals surface area contributed by atoms with E-state index in [1.807, 2.05) is 4.72 Å². The number of halogens is 3. The molecule has 0 saturated carbocycles. The zero-order chi connectivity index (χ0) is 18.3. The molecule has 0 spiro atoms. The first-order valence-corrected chi connectivity index (χ1v) is 7.67. The van der Waals surface area contributed by atoms with Crippen LogP contribution in [0.2, 0.25) is 0 Å². The largest absolute Gasteiger partial charge is 0.507 e. The molecule has 0 aliphatic heterocycles. The second kappa shape index (κ2) is 5.74. The molecule has 11 heteroatoms. The summed E-state index contributed by atoms with van der Waals surface area (Å²) in [4.78, 5) is 9.65. The van der Waals surface area contributed by atoms with Gasteiger partial charge in [0.15, 0.2) is 0 Å². The minimum absolute atomic E-state index is 0.258. The van der Waals surface area contributed by atoms with E-state index in [0.29, 0.717) is 6.07 Å². The maximum absolute atomic E-state index is 12.8. The highest BCUT2D eigenvalue weighted by molar-refractivity contribution is 7.92. The average molecular weight is 365 g/mol. The second-order valence-electron chi connectivity index (χ2n) is 4.69. The average Bonchev–Trinajstić information content (AvgIpc) is 2.81. The van der Waals surface area contributed by atoms with Gasteiger partial charge in [0.1, 0.15) is 22.0 Å². The lowest BCUT2D eigenvalue weighted by Crippen LogP contribution is -2.17. The number of hydrogen-bond acceptors (Lipinski definition) is 5. The van der Waals surface area contributed by atoms with Crippen LogP contribution in [-0.4, -0.2) is 24.6 Å². The smallest absolute Gasteiger partial charge is 0.450 e. The Hall–Kier alpha value is -2.69. The van der Waals surface area contributed by atoms with Crippen molar-refractivity contribution in [3.63, 3.8) is 0 Å². The Morgan fingerprint density at radius 1 is 1.25 bits per heavy atom. The number of carbonyl (C=O) groups is 1. The van der Waals surface area contributed by atoms with Crippen molar-refractivity contribution >= 4 is 21.7 Å². The number of aryl methyl sites for hydroxylation is 1. The van der Waals surface area contributed by atoms with Crippen molar-refractivity contribution in [1.29, 1.82) is 0 Å². The third-order valence-electron chi connectivity index (χ3n) is 2.85. The molecule has 1 heterocycles. The first-order valence-electron chi connectivity index (χ1n) is 6.18. The molecule has 0 atom stereocenters. The molecular formula is C13H10F3NO6S. The first-order chi connectivity index (χ1) is 10.9. The minimum atomic E-state index is -5.02.